The zero-order chi connectivity index (χ0) is 11.3. The minimum Gasteiger partial charge on any atom is -0.377 e. The Morgan fingerprint density at radius 2 is 2.00 bits per heavy atom. The van der Waals surface area contributed by atoms with Crippen molar-refractivity contribution in [2.75, 3.05) is 25.5 Å². The molecule has 0 unspecified atom stereocenters. The Balaban J connectivity index is 2.82. The van der Waals surface area contributed by atoms with E-state index in [0.29, 0.717) is 0 Å². The Kier molecular flexibility index (Phi) is 4.92. The SMILES string of the molecule is CN(C)c1cccc(Cl)c1CCCCN. The van der Waals surface area contributed by atoms with Crippen LogP contribution in [0.25, 0.3) is 0 Å². The summed E-state index contributed by atoms with van der Waals surface area (Å²) in [5.41, 5.74) is 7.93. The van der Waals surface area contributed by atoms with E-state index < -0.39 is 0 Å². The van der Waals surface area contributed by atoms with Crippen molar-refractivity contribution < 1.29 is 0 Å². The summed E-state index contributed by atoms with van der Waals surface area (Å²) in [5, 5.41) is 0.859. The smallest absolute Gasteiger partial charge is 0.0458 e. The third-order valence-electron chi connectivity index (χ3n) is 2.46. The van der Waals surface area contributed by atoms with Crippen LogP contribution in [0, 0.1) is 0 Å². The Bertz CT molecular complexity index is 310. The molecule has 1 aromatic rings. The van der Waals surface area contributed by atoms with Crippen molar-refractivity contribution in [3.63, 3.8) is 0 Å². The predicted molar refractivity (Wildman–Crippen MR) is 67.8 cm³/mol. The molecule has 0 aliphatic rings. The number of hydrogen-bond donors (Lipinski definition) is 1. The Morgan fingerprint density at radius 3 is 2.60 bits per heavy atom. The van der Waals surface area contributed by atoms with Gasteiger partial charge >= 0.3 is 0 Å². The van der Waals surface area contributed by atoms with Crippen LogP contribution in [0.1, 0.15) is 18.4 Å². The van der Waals surface area contributed by atoms with E-state index >= 15 is 0 Å². The molecular weight excluding hydrogens is 208 g/mol. The molecule has 0 aromatic heterocycles. The zero-order valence-corrected chi connectivity index (χ0v) is 10.2. The number of nitrogens with zero attached hydrogens (tertiary/aromatic N) is 1. The molecule has 0 saturated carbocycles. The average molecular weight is 227 g/mol. The van der Waals surface area contributed by atoms with Crippen molar-refractivity contribution in [1.29, 1.82) is 0 Å². The summed E-state index contributed by atoms with van der Waals surface area (Å²) < 4.78 is 0. The lowest BCUT2D eigenvalue weighted by atomic mass is 10.1. The largest absolute Gasteiger partial charge is 0.377 e. The molecule has 1 aromatic carbocycles. The number of anilines is 1. The molecule has 2 N–H and O–H groups in total. The molecule has 0 spiro atoms. The topological polar surface area (TPSA) is 29.3 Å². The summed E-state index contributed by atoms with van der Waals surface area (Å²) in [7, 11) is 4.08. The summed E-state index contributed by atoms with van der Waals surface area (Å²) >= 11 is 6.19. The minimum absolute atomic E-state index is 0.752. The number of unbranched alkanes of at least 4 members (excludes halogenated alkanes) is 1. The fourth-order valence-corrected chi connectivity index (χ4v) is 1.92. The van der Waals surface area contributed by atoms with Crippen molar-refractivity contribution in [1.82, 2.24) is 0 Å². The molecule has 0 radical (unpaired) electrons. The lowest BCUT2D eigenvalue weighted by Crippen LogP contribution is -2.11. The number of rotatable bonds is 5. The molecule has 0 aliphatic carbocycles. The second kappa shape index (κ2) is 5.99. The second-order valence-corrected chi connectivity index (χ2v) is 4.28. The van der Waals surface area contributed by atoms with Gasteiger partial charge in [-0.1, -0.05) is 17.7 Å². The first-order chi connectivity index (χ1) is 7.16. The van der Waals surface area contributed by atoms with E-state index in [1.165, 1.54) is 11.3 Å². The van der Waals surface area contributed by atoms with Gasteiger partial charge in [-0.15, -0.1) is 0 Å². The van der Waals surface area contributed by atoms with Crippen LogP contribution < -0.4 is 10.6 Å². The second-order valence-electron chi connectivity index (χ2n) is 3.88. The van der Waals surface area contributed by atoms with Gasteiger partial charge < -0.3 is 10.6 Å². The van der Waals surface area contributed by atoms with Crippen molar-refractivity contribution in [3.8, 4) is 0 Å². The van der Waals surface area contributed by atoms with Gasteiger partial charge in [0.1, 0.15) is 0 Å². The Morgan fingerprint density at radius 1 is 1.27 bits per heavy atom. The maximum atomic E-state index is 6.19. The standard InChI is InChI=1S/C12H19ClN2/c1-15(2)12-8-5-7-11(13)10(12)6-3-4-9-14/h5,7-8H,3-4,6,9,14H2,1-2H3. The zero-order valence-electron chi connectivity index (χ0n) is 9.46. The summed E-state index contributed by atoms with van der Waals surface area (Å²) in [4.78, 5) is 2.10. The summed E-state index contributed by atoms with van der Waals surface area (Å²) in [6.45, 7) is 0.752. The Labute approximate surface area is 97.0 Å². The van der Waals surface area contributed by atoms with E-state index in [4.69, 9.17) is 17.3 Å². The van der Waals surface area contributed by atoms with E-state index in [1.54, 1.807) is 0 Å². The number of hydrogen-bond acceptors (Lipinski definition) is 2. The van der Waals surface area contributed by atoms with Crippen molar-refractivity contribution >= 4 is 17.3 Å². The maximum absolute atomic E-state index is 6.19. The lowest BCUT2D eigenvalue weighted by molar-refractivity contribution is 0.744. The monoisotopic (exact) mass is 226 g/mol. The van der Waals surface area contributed by atoms with Crippen LogP contribution in [0.15, 0.2) is 18.2 Å². The van der Waals surface area contributed by atoms with Crippen LogP contribution in [0.3, 0.4) is 0 Å². The fraction of sp³-hybridized carbons (Fsp3) is 0.500. The average Bonchev–Trinajstić information content (AvgIpc) is 2.20. The third-order valence-corrected chi connectivity index (χ3v) is 2.81. The van der Waals surface area contributed by atoms with Crippen molar-refractivity contribution in [2.24, 2.45) is 5.73 Å². The molecule has 84 valence electrons. The molecule has 3 heteroatoms. The van der Waals surface area contributed by atoms with E-state index in [9.17, 15) is 0 Å². The van der Waals surface area contributed by atoms with E-state index in [1.807, 2.05) is 26.2 Å². The Hall–Kier alpha value is -0.730. The highest BCUT2D eigenvalue weighted by Gasteiger charge is 2.07. The van der Waals surface area contributed by atoms with Gasteiger partial charge in [0.15, 0.2) is 0 Å². The van der Waals surface area contributed by atoms with Gasteiger partial charge in [0.2, 0.25) is 0 Å². The maximum Gasteiger partial charge on any atom is 0.0458 e. The first-order valence-corrected chi connectivity index (χ1v) is 5.69. The van der Waals surface area contributed by atoms with E-state index in [0.717, 1.165) is 30.8 Å². The van der Waals surface area contributed by atoms with Crippen LogP contribution in [0.4, 0.5) is 5.69 Å². The van der Waals surface area contributed by atoms with Gasteiger partial charge in [0, 0.05) is 24.8 Å². The van der Waals surface area contributed by atoms with Gasteiger partial charge in [0.05, 0.1) is 0 Å². The van der Waals surface area contributed by atoms with Crippen LogP contribution in [0.5, 0.6) is 0 Å². The first kappa shape index (κ1) is 12.3. The molecule has 0 saturated heterocycles. The quantitative estimate of drug-likeness (QED) is 0.783. The molecule has 0 amide bonds. The molecule has 0 bridgehead atoms. The van der Waals surface area contributed by atoms with Crippen LogP contribution in [-0.2, 0) is 6.42 Å². The van der Waals surface area contributed by atoms with E-state index in [2.05, 4.69) is 11.0 Å². The first-order valence-electron chi connectivity index (χ1n) is 5.31. The van der Waals surface area contributed by atoms with E-state index in [-0.39, 0.29) is 0 Å². The van der Waals surface area contributed by atoms with Gasteiger partial charge in [-0.3, -0.25) is 0 Å². The van der Waals surface area contributed by atoms with Crippen molar-refractivity contribution in [2.45, 2.75) is 19.3 Å². The number of benzene rings is 1. The van der Waals surface area contributed by atoms with Crippen LogP contribution in [-0.4, -0.2) is 20.6 Å². The minimum atomic E-state index is 0.752. The number of nitrogens with two attached hydrogens (primary N) is 1. The van der Waals surface area contributed by atoms with Crippen molar-refractivity contribution in [3.05, 3.63) is 28.8 Å². The van der Waals surface area contributed by atoms with Gasteiger partial charge in [-0.25, -0.2) is 0 Å². The highest BCUT2D eigenvalue weighted by molar-refractivity contribution is 6.31. The van der Waals surface area contributed by atoms with Gasteiger partial charge in [0.25, 0.3) is 0 Å². The molecule has 1 rings (SSSR count). The molecule has 0 atom stereocenters. The molecule has 0 heterocycles. The molecule has 2 nitrogen and oxygen atoms in total. The van der Waals surface area contributed by atoms with Crippen LogP contribution in [0.2, 0.25) is 5.02 Å². The predicted octanol–water partition coefficient (Wildman–Crippen LogP) is 2.69. The normalized spacial score (nSPS) is 10.4. The molecule has 0 aliphatic heterocycles. The lowest BCUT2D eigenvalue weighted by Gasteiger charge is -2.18. The third kappa shape index (κ3) is 3.40. The summed E-state index contributed by atoms with van der Waals surface area (Å²) in [6.07, 6.45) is 3.16. The summed E-state index contributed by atoms with van der Waals surface area (Å²) in [5.74, 6) is 0. The molecule has 15 heavy (non-hydrogen) atoms. The highest BCUT2D eigenvalue weighted by atomic mass is 35.5. The fourth-order valence-electron chi connectivity index (χ4n) is 1.66. The summed E-state index contributed by atoms with van der Waals surface area (Å²) in [6, 6.07) is 6.04. The molecular formula is C12H19ClN2. The number of halogens is 1. The van der Waals surface area contributed by atoms with Gasteiger partial charge in [-0.2, -0.15) is 0 Å². The highest BCUT2D eigenvalue weighted by Crippen LogP contribution is 2.27. The van der Waals surface area contributed by atoms with Gasteiger partial charge in [-0.05, 0) is 43.5 Å². The molecule has 0 fully saturated rings. The van der Waals surface area contributed by atoms with Crippen LogP contribution >= 0.6 is 11.6 Å².